The van der Waals surface area contributed by atoms with Gasteiger partial charge in [0, 0.05) is 5.56 Å². The predicted molar refractivity (Wildman–Crippen MR) is 105 cm³/mol. The SMILES string of the molecule is COc1ccc(/C=C/C(=O)c2ccc(C3CCCCC3)cc2)cc1OC. The highest BCUT2D eigenvalue weighted by Gasteiger charge is 2.15. The molecular weight excluding hydrogens is 324 g/mol. The summed E-state index contributed by atoms with van der Waals surface area (Å²) in [5.74, 6) is 2.00. The molecule has 1 aliphatic rings. The van der Waals surface area contributed by atoms with Crippen molar-refractivity contribution in [3.8, 4) is 11.5 Å². The zero-order valence-corrected chi connectivity index (χ0v) is 15.5. The zero-order valence-electron chi connectivity index (χ0n) is 15.5. The first-order chi connectivity index (χ1) is 12.7. The molecule has 136 valence electrons. The van der Waals surface area contributed by atoms with Crippen molar-refractivity contribution in [1.82, 2.24) is 0 Å². The molecule has 2 aromatic rings. The number of carbonyl (C=O) groups is 1. The Hall–Kier alpha value is -2.55. The molecule has 0 aromatic heterocycles. The van der Waals surface area contributed by atoms with E-state index in [0.29, 0.717) is 17.4 Å². The maximum Gasteiger partial charge on any atom is 0.185 e. The summed E-state index contributed by atoms with van der Waals surface area (Å²) in [6.45, 7) is 0. The molecule has 0 saturated heterocycles. The van der Waals surface area contributed by atoms with Crippen LogP contribution in [0.2, 0.25) is 0 Å². The number of ether oxygens (including phenoxy) is 2. The maximum absolute atomic E-state index is 12.4. The lowest BCUT2D eigenvalue weighted by atomic mass is 9.84. The Kier molecular flexibility index (Phi) is 6.11. The van der Waals surface area contributed by atoms with Gasteiger partial charge < -0.3 is 9.47 Å². The van der Waals surface area contributed by atoms with Crippen LogP contribution in [0.5, 0.6) is 11.5 Å². The zero-order chi connectivity index (χ0) is 18.4. The molecule has 0 unspecified atom stereocenters. The summed E-state index contributed by atoms with van der Waals surface area (Å²) in [5, 5.41) is 0. The smallest absolute Gasteiger partial charge is 0.185 e. The van der Waals surface area contributed by atoms with Crippen LogP contribution < -0.4 is 9.47 Å². The van der Waals surface area contributed by atoms with E-state index in [0.717, 1.165) is 11.1 Å². The van der Waals surface area contributed by atoms with Crippen LogP contribution >= 0.6 is 0 Å². The van der Waals surface area contributed by atoms with Crippen LogP contribution in [0.4, 0.5) is 0 Å². The lowest BCUT2D eigenvalue weighted by Crippen LogP contribution is -2.05. The van der Waals surface area contributed by atoms with E-state index in [2.05, 4.69) is 12.1 Å². The lowest BCUT2D eigenvalue weighted by molar-refractivity contribution is 0.104. The Labute approximate surface area is 155 Å². The highest BCUT2D eigenvalue weighted by atomic mass is 16.5. The lowest BCUT2D eigenvalue weighted by Gasteiger charge is -2.21. The van der Waals surface area contributed by atoms with Crippen molar-refractivity contribution in [3.63, 3.8) is 0 Å². The highest BCUT2D eigenvalue weighted by molar-refractivity contribution is 6.06. The number of hydrogen-bond donors (Lipinski definition) is 0. The molecular formula is C23H26O3. The van der Waals surface area contributed by atoms with Crippen molar-refractivity contribution in [2.45, 2.75) is 38.0 Å². The fourth-order valence-electron chi connectivity index (χ4n) is 3.58. The third kappa shape index (κ3) is 4.34. The number of benzene rings is 2. The second kappa shape index (κ2) is 8.70. The largest absolute Gasteiger partial charge is 0.493 e. The van der Waals surface area contributed by atoms with Gasteiger partial charge in [-0.3, -0.25) is 4.79 Å². The Balaban J connectivity index is 1.68. The van der Waals surface area contributed by atoms with Gasteiger partial charge in [0.05, 0.1) is 14.2 Å². The molecule has 3 nitrogen and oxygen atoms in total. The minimum atomic E-state index is 0.00924. The molecule has 0 atom stereocenters. The molecule has 0 aliphatic heterocycles. The van der Waals surface area contributed by atoms with Gasteiger partial charge in [0.2, 0.25) is 0 Å². The van der Waals surface area contributed by atoms with Crippen LogP contribution in [0.1, 0.15) is 59.5 Å². The summed E-state index contributed by atoms with van der Waals surface area (Å²) < 4.78 is 10.5. The molecule has 26 heavy (non-hydrogen) atoms. The summed E-state index contributed by atoms with van der Waals surface area (Å²) in [7, 11) is 3.21. The average Bonchev–Trinajstić information content (AvgIpc) is 2.72. The number of carbonyl (C=O) groups excluding carboxylic acids is 1. The van der Waals surface area contributed by atoms with Crippen LogP contribution in [-0.4, -0.2) is 20.0 Å². The molecule has 1 fully saturated rings. The fraction of sp³-hybridized carbons (Fsp3) is 0.348. The minimum Gasteiger partial charge on any atom is -0.493 e. The minimum absolute atomic E-state index is 0.00924. The van der Waals surface area contributed by atoms with Crippen molar-refractivity contribution in [2.24, 2.45) is 0 Å². The van der Waals surface area contributed by atoms with Gasteiger partial charge >= 0.3 is 0 Å². The average molecular weight is 350 g/mol. The van der Waals surface area contributed by atoms with E-state index in [4.69, 9.17) is 9.47 Å². The summed E-state index contributed by atoms with van der Waals surface area (Å²) in [6, 6.07) is 13.7. The summed E-state index contributed by atoms with van der Waals surface area (Å²) in [5.41, 5.74) is 2.99. The first-order valence-electron chi connectivity index (χ1n) is 9.25. The molecule has 1 saturated carbocycles. The molecule has 2 aromatic carbocycles. The standard InChI is InChI=1S/C23H26O3/c1-25-22-15-9-17(16-23(22)26-2)8-14-21(24)20-12-10-19(11-13-20)18-6-4-3-5-7-18/h8-16,18H,3-7H2,1-2H3/b14-8+. The van der Waals surface area contributed by atoms with E-state index >= 15 is 0 Å². The quantitative estimate of drug-likeness (QED) is 0.499. The summed E-state index contributed by atoms with van der Waals surface area (Å²) in [6.07, 6.45) is 9.95. The monoisotopic (exact) mass is 350 g/mol. The highest BCUT2D eigenvalue weighted by Crippen LogP contribution is 2.32. The second-order valence-electron chi connectivity index (χ2n) is 6.77. The first kappa shape index (κ1) is 18.2. The number of rotatable bonds is 6. The molecule has 3 heteroatoms. The van der Waals surface area contributed by atoms with E-state index in [1.807, 2.05) is 30.3 Å². The molecule has 0 amide bonds. The Bertz CT molecular complexity index is 769. The Morgan fingerprint density at radius 3 is 2.27 bits per heavy atom. The molecule has 1 aliphatic carbocycles. The van der Waals surface area contributed by atoms with Crippen molar-refractivity contribution < 1.29 is 14.3 Å². The van der Waals surface area contributed by atoms with Crippen LogP contribution in [0.15, 0.2) is 48.5 Å². The van der Waals surface area contributed by atoms with Crippen LogP contribution in [0.25, 0.3) is 6.08 Å². The maximum atomic E-state index is 12.4. The molecule has 0 bridgehead atoms. The third-order valence-corrected chi connectivity index (χ3v) is 5.11. The van der Waals surface area contributed by atoms with Crippen molar-refractivity contribution in [3.05, 3.63) is 65.2 Å². The van der Waals surface area contributed by atoms with Crippen molar-refractivity contribution >= 4 is 11.9 Å². The molecule has 3 rings (SSSR count). The van der Waals surface area contributed by atoms with Gasteiger partial charge in [-0.25, -0.2) is 0 Å². The molecule has 0 spiro atoms. The van der Waals surface area contributed by atoms with E-state index in [-0.39, 0.29) is 5.78 Å². The van der Waals surface area contributed by atoms with E-state index < -0.39 is 0 Å². The fourth-order valence-corrected chi connectivity index (χ4v) is 3.58. The Morgan fingerprint density at radius 1 is 0.923 bits per heavy atom. The third-order valence-electron chi connectivity index (χ3n) is 5.11. The van der Waals surface area contributed by atoms with Crippen LogP contribution in [0.3, 0.4) is 0 Å². The van der Waals surface area contributed by atoms with Crippen LogP contribution in [0, 0.1) is 0 Å². The summed E-state index contributed by atoms with van der Waals surface area (Å²) >= 11 is 0. The van der Waals surface area contributed by atoms with Gasteiger partial charge in [0.15, 0.2) is 17.3 Å². The van der Waals surface area contributed by atoms with E-state index in [1.54, 1.807) is 26.4 Å². The van der Waals surface area contributed by atoms with Crippen LogP contribution in [-0.2, 0) is 0 Å². The molecule has 0 N–H and O–H groups in total. The van der Waals surface area contributed by atoms with Gasteiger partial charge in [0.25, 0.3) is 0 Å². The van der Waals surface area contributed by atoms with Gasteiger partial charge in [-0.15, -0.1) is 0 Å². The Morgan fingerprint density at radius 2 is 1.62 bits per heavy atom. The normalized spacial score (nSPS) is 15.2. The van der Waals surface area contributed by atoms with Gasteiger partial charge in [-0.05, 0) is 48.1 Å². The van der Waals surface area contributed by atoms with Gasteiger partial charge in [0.1, 0.15) is 0 Å². The second-order valence-corrected chi connectivity index (χ2v) is 6.77. The number of hydrogen-bond acceptors (Lipinski definition) is 3. The number of ketones is 1. The first-order valence-corrected chi connectivity index (χ1v) is 9.25. The van der Waals surface area contributed by atoms with E-state index in [1.165, 1.54) is 37.7 Å². The number of methoxy groups -OCH3 is 2. The molecule has 0 radical (unpaired) electrons. The molecule has 0 heterocycles. The van der Waals surface area contributed by atoms with Gasteiger partial charge in [-0.2, -0.15) is 0 Å². The number of allylic oxidation sites excluding steroid dienone is 1. The van der Waals surface area contributed by atoms with Crippen molar-refractivity contribution in [2.75, 3.05) is 14.2 Å². The van der Waals surface area contributed by atoms with E-state index in [9.17, 15) is 4.79 Å². The van der Waals surface area contributed by atoms with Gasteiger partial charge in [-0.1, -0.05) is 55.7 Å². The van der Waals surface area contributed by atoms with Crippen molar-refractivity contribution in [1.29, 1.82) is 0 Å². The summed E-state index contributed by atoms with van der Waals surface area (Å²) in [4.78, 5) is 12.4. The topological polar surface area (TPSA) is 35.5 Å². The predicted octanol–water partition coefficient (Wildman–Crippen LogP) is 5.65.